The molecule has 29 heavy (non-hydrogen) atoms. The molecule has 152 valence electrons. The van der Waals surface area contributed by atoms with E-state index in [9.17, 15) is 18.0 Å². The van der Waals surface area contributed by atoms with Gasteiger partial charge in [-0.3, -0.25) is 4.79 Å². The summed E-state index contributed by atoms with van der Waals surface area (Å²) < 4.78 is 36.7. The van der Waals surface area contributed by atoms with Gasteiger partial charge in [-0.15, -0.1) is 0 Å². The van der Waals surface area contributed by atoms with Crippen LogP contribution in [0.25, 0.3) is 11.0 Å². The Morgan fingerprint density at radius 3 is 2.48 bits per heavy atom. The van der Waals surface area contributed by atoms with Crippen molar-refractivity contribution >= 4 is 27.0 Å². The van der Waals surface area contributed by atoms with Crippen LogP contribution in [0.4, 0.5) is 0 Å². The van der Waals surface area contributed by atoms with Crippen molar-refractivity contribution in [1.29, 1.82) is 0 Å². The van der Waals surface area contributed by atoms with Crippen molar-refractivity contribution in [2.24, 2.45) is 0 Å². The normalized spacial score (nSPS) is 11.7. The number of aryl methyl sites for hydroxylation is 2. The summed E-state index contributed by atoms with van der Waals surface area (Å²) in [6.45, 7) is 3.24. The smallest absolute Gasteiger partial charge is 0.336 e. The Labute approximate surface area is 168 Å². The number of sulfonamides is 1. The first-order valence-electron chi connectivity index (χ1n) is 9.02. The third kappa shape index (κ3) is 4.38. The zero-order valence-electron chi connectivity index (χ0n) is 16.3. The lowest BCUT2D eigenvalue weighted by Crippen LogP contribution is -2.34. The third-order valence-electron chi connectivity index (χ3n) is 4.54. The number of nitrogens with zero attached hydrogens (tertiary/aromatic N) is 1. The van der Waals surface area contributed by atoms with Gasteiger partial charge in [0, 0.05) is 24.6 Å². The number of likely N-dealkylation sites (N-methyl/N-ethyl adjacent to an activating group) is 1. The van der Waals surface area contributed by atoms with Gasteiger partial charge in [-0.25, -0.2) is 13.2 Å². The molecule has 0 spiro atoms. The summed E-state index contributed by atoms with van der Waals surface area (Å²) in [5, 5.41) is 0.755. The van der Waals surface area contributed by atoms with E-state index in [0.29, 0.717) is 12.0 Å². The lowest BCUT2D eigenvalue weighted by Gasteiger charge is -2.17. The molecule has 7 nitrogen and oxygen atoms in total. The van der Waals surface area contributed by atoms with Crippen LogP contribution in [0.2, 0.25) is 0 Å². The second-order valence-electron chi connectivity index (χ2n) is 6.61. The first-order valence-corrected chi connectivity index (χ1v) is 10.5. The van der Waals surface area contributed by atoms with Gasteiger partial charge in [-0.2, -0.15) is 4.31 Å². The fraction of sp³-hybridized carbons (Fsp3) is 0.238. The number of benzene rings is 2. The maximum atomic E-state index is 12.6. The number of carbonyl (C=O) groups excluding carboxylic acids is 1. The first kappa shape index (κ1) is 20.8. The van der Waals surface area contributed by atoms with Crippen LogP contribution in [0.5, 0.6) is 5.75 Å². The van der Waals surface area contributed by atoms with Crippen LogP contribution in [-0.4, -0.2) is 32.3 Å². The number of ether oxygens (including phenoxy) is 1. The minimum Gasteiger partial charge on any atom is -0.425 e. The molecule has 0 radical (unpaired) electrons. The molecule has 0 unspecified atom stereocenters. The number of hydrogen-bond acceptors (Lipinski definition) is 6. The molecule has 0 fully saturated rings. The summed E-state index contributed by atoms with van der Waals surface area (Å²) in [6.07, 6.45) is 0.579. The average molecular weight is 415 g/mol. The summed E-state index contributed by atoms with van der Waals surface area (Å²) in [5.41, 5.74) is 1.32. The highest BCUT2D eigenvalue weighted by Crippen LogP contribution is 2.28. The third-order valence-corrected chi connectivity index (χ3v) is 6.36. The van der Waals surface area contributed by atoms with Gasteiger partial charge >= 0.3 is 11.6 Å². The van der Waals surface area contributed by atoms with E-state index in [-0.39, 0.29) is 10.6 Å². The molecule has 8 heteroatoms. The van der Waals surface area contributed by atoms with E-state index in [2.05, 4.69) is 0 Å². The Balaban J connectivity index is 1.85. The van der Waals surface area contributed by atoms with E-state index in [1.165, 1.54) is 31.3 Å². The van der Waals surface area contributed by atoms with Crippen LogP contribution in [0.3, 0.4) is 0 Å². The van der Waals surface area contributed by atoms with Gasteiger partial charge in [0.1, 0.15) is 17.9 Å². The second-order valence-corrected chi connectivity index (χ2v) is 8.65. The zero-order chi connectivity index (χ0) is 21.2. The van der Waals surface area contributed by atoms with E-state index >= 15 is 0 Å². The molecule has 2 aromatic carbocycles. The van der Waals surface area contributed by atoms with Crippen LogP contribution in [0.15, 0.2) is 62.6 Å². The Morgan fingerprint density at radius 2 is 1.83 bits per heavy atom. The van der Waals surface area contributed by atoms with Crippen molar-refractivity contribution in [2.45, 2.75) is 25.2 Å². The quantitative estimate of drug-likeness (QED) is 0.349. The molecule has 0 aliphatic carbocycles. The molecule has 0 bridgehead atoms. The maximum absolute atomic E-state index is 12.6. The summed E-state index contributed by atoms with van der Waals surface area (Å²) in [4.78, 5) is 24.1. The molecule has 1 heterocycles. The van der Waals surface area contributed by atoms with Crippen LogP contribution in [-0.2, 0) is 21.2 Å². The summed E-state index contributed by atoms with van der Waals surface area (Å²) >= 11 is 0. The highest BCUT2D eigenvalue weighted by atomic mass is 32.2. The monoisotopic (exact) mass is 415 g/mol. The molecule has 0 saturated heterocycles. The fourth-order valence-corrected chi connectivity index (χ4v) is 4.09. The molecule has 0 aliphatic heterocycles. The van der Waals surface area contributed by atoms with Crippen LogP contribution in [0, 0.1) is 6.92 Å². The van der Waals surface area contributed by atoms with Gasteiger partial charge < -0.3 is 9.15 Å². The summed E-state index contributed by atoms with van der Waals surface area (Å²) in [7, 11) is -2.50. The van der Waals surface area contributed by atoms with Gasteiger partial charge in [0.25, 0.3) is 0 Å². The predicted octanol–water partition coefficient (Wildman–Crippen LogP) is 2.89. The van der Waals surface area contributed by atoms with Crippen molar-refractivity contribution in [3.05, 3.63) is 70.1 Å². The molecular formula is C21H21NO6S. The molecular weight excluding hydrogens is 394 g/mol. The van der Waals surface area contributed by atoms with Crippen molar-refractivity contribution in [1.82, 2.24) is 4.31 Å². The Bertz CT molecular complexity index is 1220. The molecule has 0 saturated carbocycles. The standard InChI is InChI=1S/C21H21NO6S/c1-4-15-11-17-14(2)10-20(23)28-19(17)12-18(15)27-21(24)13-22(3)29(25,26)16-8-6-5-7-9-16/h5-12H,4,13H2,1-3H3. The Kier molecular flexibility index (Phi) is 5.86. The molecule has 0 aliphatic rings. The van der Waals surface area contributed by atoms with Crippen molar-refractivity contribution in [2.75, 3.05) is 13.6 Å². The SMILES string of the molecule is CCc1cc2c(C)cc(=O)oc2cc1OC(=O)CN(C)S(=O)(=O)c1ccccc1. The Hall–Kier alpha value is -2.97. The molecule has 0 atom stereocenters. The highest BCUT2D eigenvalue weighted by Gasteiger charge is 2.24. The van der Waals surface area contributed by atoms with E-state index in [1.807, 2.05) is 6.92 Å². The molecule has 0 amide bonds. The largest absolute Gasteiger partial charge is 0.425 e. The number of rotatable bonds is 6. The first-order chi connectivity index (χ1) is 13.7. The zero-order valence-corrected chi connectivity index (χ0v) is 17.2. The molecule has 3 rings (SSSR count). The lowest BCUT2D eigenvalue weighted by molar-refractivity contribution is -0.134. The van der Waals surface area contributed by atoms with Gasteiger partial charge in [-0.1, -0.05) is 25.1 Å². The molecule has 0 N–H and O–H groups in total. The van der Waals surface area contributed by atoms with Gasteiger partial charge in [0.05, 0.1) is 4.90 Å². The van der Waals surface area contributed by atoms with E-state index in [1.54, 1.807) is 31.2 Å². The van der Waals surface area contributed by atoms with Crippen molar-refractivity contribution in [3.63, 3.8) is 0 Å². The van der Waals surface area contributed by atoms with Crippen LogP contribution >= 0.6 is 0 Å². The molecule has 3 aromatic rings. The van der Waals surface area contributed by atoms with Gasteiger partial charge in [-0.05, 0) is 42.7 Å². The van der Waals surface area contributed by atoms with E-state index in [4.69, 9.17) is 9.15 Å². The predicted molar refractivity (Wildman–Crippen MR) is 108 cm³/mol. The van der Waals surface area contributed by atoms with Crippen molar-refractivity contribution < 1.29 is 22.4 Å². The fourth-order valence-electron chi connectivity index (χ4n) is 2.96. The number of fused-ring (bicyclic) bond motifs is 1. The minimum absolute atomic E-state index is 0.0903. The minimum atomic E-state index is -3.82. The van der Waals surface area contributed by atoms with E-state index < -0.39 is 28.2 Å². The van der Waals surface area contributed by atoms with Gasteiger partial charge in [0.2, 0.25) is 10.0 Å². The van der Waals surface area contributed by atoms with Crippen molar-refractivity contribution in [3.8, 4) is 5.75 Å². The Morgan fingerprint density at radius 1 is 1.14 bits per heavy atom. The number of hydrogen-bond donors (Lipinski definition) is 0. The van der Waals surface area contributed by atoms with Crippen LogP contribution < -0.4 is 10.4 Å². The number of esters is 1. The summed E-state index contributed by atoms with van der Waals surface area (Å²) in [6, 6.07) is 12.5. The lowest BCUT2D eigenvalue weighted by atomic mass is 10.1. The van der Waals surface area contributed by atoms with Gasteiger partial charge in [0.15, 0.2) is 0 Å². The average Bonchev–Trinajstić information content (AvgIpc) is 2.68. The molecule has 1 aromatic heterocycles. The van der Waals surface area contributed by atoms with E-state index in [0.717, 1.165) is 20.8 Å². The van der Waals surface area contributed by atoms with Crippen LogP contribution in [0.1, 0.15) is 18.1 Å². The topological polar surface area (TPSA) is 93.9 Å². The second kappa shape index (κ2) is 8.18. The highest BCUT2D eigenvalue weighted by molar-refractivity contribution is 7.89. The maximum Gasteiger partial charge on any atom is 0.336 e. The summed E-state index contributed by atoms with van der Waals surface area (Å²) in [5.74, 6) is -0.500. The number of carbonyl (C=O) groups is 1.